The number of halogens is 2. The van der Waals surface area contributed by atoms with E-state index in [9.17, 15) is 0 Å². The van der Waals surface area contributed by atoms with Crippen LogP contribution in [0, 0.1) is 0 Å². The predicted molar refractivity (Wildman–Crippen MR) is 194 cm³/mol. The Morgan fingerprint density at radius 3 is 0.636 bits per heavy atom. The fourth-order valence-corrected chi connectivity index (χ4v) is 18.8. The molecule has 7 heteroatoms. The van der Waals surface area contributed by atoms with Crippen LogP contribution in [0.25, 0.3) is 0 Å². The van der Waals surface area contributed by atoms with Crippen molar-refractivity contribution >= 4 is 71.0 Å². The second-order valence-corrected chi connectivity index (χ2v) is 20.6. The van der Waals surface area contributed by atoms with Gasteiger partial charge in [-0.15, -0.1) is 0 Å². The predicted octanol–water partition coefficient (Wildman–Crippen LogP) is 7.11. The van der Waals surface area contributed by atoms with Crippen molar-refractivity contribution in [3.05, 3.63) is 182 Å². The second-order valence-electron chi connectivity index (χ2n) is 10.1. The molecule has 0 aromatic heterocycles. The monoisotopic (exact) mass is 744 g/mol. The summed E-state index contributed by atoms with van der Waals surface area (Å²) in [5, 5.41) is 7.00. The van der Waals surface area contributed by atoms with E-state index in [0.29, 0.717) is 5.27 Å². The molecule has 6 aromatic carbocycles. The SMILES string of the molecule is O.O=C([PH](c1ccccc1)(c1ccccc1)c1ccccc1)[PH](c1ccccc1)(c1ccccc1)c1ccccc1.[Cl][Ru][Cl]. The molecular formula is C37H34Cl2O2P2Ru. The summed E-state index contributed by atoms with van der Waals surface area (Å²) in [5.74, 6) is 0. The number of carbonyl (C=O) groups excluding carboxylic acids is 1. The van der Waals surface area contributed by atoms with Gasteiger partial charge < -0.3 is 5.48 Å². The molecule has 0 aliphatic carbocycles. The van der Waals surface area contributed by atoms with E-state index < -0.39 is 14.5 Å². The van der Waals surface area contributed by atoms with Crippen LogP contribution in [-0.4, -0.2) is 10.7 Å². The molecule has 0 aliphatic heterocycles. The van der Waals surface area contributed by atoms with Gasteiger partial charge in [-0.1, -0.05) is 0 Å². The van der Waals surface area contributed by atoms with Gasteiger partial charge in [-0.2, -0.15) is 0 Å². The Balaban J connectivity index is 0.00000106. The van der Waals surface area contributed by atoms with Gasteiger partial charge in [-0.25, -0.2) is 0 Å². The maximum atomic E-state index is 16.4. The van der Waals surface area contributed by atoms with Crippen LogP contribution in [0.1, 0.15) is 0 Å². The van der Waals surface area contributed by atoms with E-state index in [1.54, 1.807) is 0 Å². The molecule has 0 saturated carbocycles. The van der Waals surface area contributed by atoms with Crippen LogP contribution in [0.3, 0.4) is 0 Å². The minimum absolute atomic E-state index is 0. The number of rotatable bonds is 8. The third-order valence-corrected chi connectivity index (χ3v) is 18.7. The van der Waals surface area contributed by atoms with Gasteiger partial charge in [0.1, 0.15) is 0 Å². The van der Waals surface area contributed by atoms with E-state index >= 15 is 4.79 Å². The van der Waals surface area contributed by atoms with Crippen LogP contribution < -0.4 is 31.8 Å². The second kappa shape index (κ2) is 16.4. The van der Waals surface area contributed by atoms with E-state index in [2.05, 4.69) is 146 Å². The Morgan fingerprint density at radius 1 is 0.364 bits per heavy atom. The molecule has 44 heavy (non-hydrogen) atoms. The van der Waals surface area contributed by atoms with Gasteiger partial charge in [0.2, 0.25) is 0 Å². The summed E-state index contributed by atoms with van der Waals surface area (Å²) in [5.41, 5.74) is 0. The van der Waals surface area contributed by atoms with Gasteiger partial charge in [-0.05, 0) is 0 Å². The van der Waals surface area contributed by atoms with Gasteiger partial charge in [0.25, 0.3) is 0 Å². The van der Waals surface area contributed by atoms with Gasteiger partial charge in [0.15, 0.2) is 0 Å². The van der Waals surface area contributed by atoms with Crippen molar-refractivity contribution in [1.29, 1.82) is 0 Å². The van der Waals surface area contributed by atoms with Crippen LogP contribution in [0.2, 0.25) is 0 Å². The maximum absolute atomic E-state index is 16.4. The molecule has 0 atom stereocenters. The quantitative estimate of drug-likeness (QED) is 0.121. The summed E-state index contributed by atoms with van der Waals surface area (Å²) in [4.78, 5) is 16.4. The fraction of sp³-hybridized carbons (Fsp3) is 0. The molecule has 0 heterocycles. The average molecular weight is 745 g/mol. The zero-order valence-corrected chi connectivity index (χ0v) is 29.1. The number of hydrogen-bond acceptors (Lipinski definition) is 1. The third-order valence-electron chi connectivity index (χ3n) is 7.92. The van der Waals surface area contributed by atoms with Gasteiger partial charge in [0, 0.05) is 0 Å². The van der Waals surface area contributed by atoms with Crippen LogP contribution in [0.5, 0.6) is 0 Å². The summed E-state index contributed by atoms with van der Waals surface area (Å²) in [6.45, 7) is 0. The number of carbonyl (C=O) groups is 1. The molecule has 6 aromatic rings. The van der Waals surface area contributed by atoms with Crippen LogP contribution in [0.15, 0.2) is 182 Å². The minimum atomic E-state index is -3.29. The van der Waals surface area contributed by atoms with Crippen molar-refractivity contribution in [1.82, 2.24) is 0 Å². The Morgan fingerprint density at radius 2 is 0.500 bits per heavy atom. The average Bonchev–Trinajstić information content (AvgIpc) is 3.09. The zero-order chi connectivity index (χ0) is 30.0. The number of hydrogen-bond donors (Lipinski definition) is 0. The first kappa shape index (κ1) is 33.9. The first-order chi connectivity index (χ1) is 21.2. The molecule has 0 amide bonds. The standard InChI is InChI=1S/C37H32OP2.2ClH.H2O.Ru/c38-37(39(31-19-7-1-8-20-31,32-21-9-2-10-22-32)33-23-11-3-12-24-33)40(34-25-13-4-14-26-34,35-27-15-5-16-28-35)36-29-17-6-18-30-36;;;;/h1-30,39-40H;2*1H;1H2;/q;;;;+2/p-2. The van der Waals surface area contributed by atoms with Crippen LogP contribution >= 0.6 is 33.9 Å². The molecule has 2 N–H and O–H groups in total. The van der Waals surface area contributed by atoms with E-state index in [0.717, 1.165) is 31.8 Å². The molecule has 0 unspecified atom stereocenters. The Bertz CT molecular complexity index is 1390. The molecular weight excluding hydrogens is 710 g/mol. The molecule has 226 valence electrons. The Kier molecular flexibility index (Phi) is 12.6. The molecule has 0 saturated heterocycles. The van der Waals surface area contributed by atoms with Crippen LogP contribution in [-0.2, 0) is 15.1 Å². The summed E-state index contributed by atoms with van der Waals surface area (Å²) in [6.07, 6.45) is 0. The Hall–Kier alpha value is -2.99. The molecule has 0 fully saturated rings. The van der Waals surface area contributed by atoms with E-state index in [1.165, 1.54) is 0 Å². The summed E-state index contributed by atoms with van der Waals surface area (Å²) in [7, 11) is 3.13. The van der Waals surface area contributed by atoms with Crippen molar-refractivity contribution in [2.24, 2.45) is 0 Å². The first-order valence-corrected chi connectivity index (χ1v) is 22.4. The molecule has 2 nitrogen and oxygen atoms in total. The van der Waals surface area contributed by atoms with Gasteiger partial charge in [-0.3, -0.25) is 0 Å². The molecule has 0 bridgehead atoms. The van der Waals surface area contributed by atoms with Gasteiger partial charge in [0.05, 0.1) is 0 Å². The third kappa shape index (κ3) is 6.52. The van der Waals surface area contributed by atoms with E-state index in [-0.39, 0.29) is 20.6 Å². The van der Waals surface area contributed by atoms with Crippen LogP contribution in [0.4, 0.5) is 4.79 Å². The summed E-state index contributed by atoms with van der Waals surface area (Å²) in [6, 6.07) is 63.2. The fourth-order valence-electron chi connectivity index (χ4n) is 6.20. The van der Waals surface area contributed by atoms with E-state index in [4.69, 9.17) is 19.4 Å². The van der Waals surface area contributed by atoms with Crippen molar-refractivity contribution in [3.8, 4) is 0 Å². The number of benzene rings is 6. The molecule has 0 spiro atoms. The summed E-state index contributed by atoms with van der Waals surface area (Å²) >= 11 is -0.346. The van der Waals surface area contributed by atoms with Crippen molar-refractivity contribution < 1.29 is 25.4 Å². The Labute approximate surface area is 276 Å². The summed E-state index contributed by atoms with van der Waals surface area (Å²) < 4.78 is 0. The molecule has 6 rings (SSSR count). The van der Waals surface area contributed by atoms with Gasteiger partial charge >= 0.3 is 273 Å². The molecule has 0 aliphatic rings. The van der Waals surface area contributed by atoms with Crippen molar-refractivity contribution in [3.63, 3.8) is 0 Å². The first-order valence-electron chi connectivity index (χ1n) is 13.9. The molecule has 0 radical (unpaired) electrons. The normalized spacial score (nSPS) is 11.8. The zero-order valence-electron chi connectivity index (χ0n) is 23.8. The van der Waals surface area contributed by atoms with Crippen molar-refractivity contribution in [2.75, 3.05) is 0 Å². The van der Waals surface area contributed by atoms with Crippen molar-refractivity contribution in [2.45, 2.75) is 0 Å². The van der Waals surface area contributed by atoms with E-state index in [1.807, 2.05) is 36.4 Å². The topological polar surface area (TPSA) is 48.6 Å².